The maximum atomic E-state index is 12.1. The number of amides is 3. The van der Waals surface area contributed by atoms with Crippen LogP contribution in [0.4, 0.5) is 4.79 Å². The van der Waals surface area contributed by atoms with Gasteiger partial charge in [0.05, 0.1) is 12.5 Å². The van der Waals surface area contributed by atoms with E-state index in [4.69, 9.17) is 22.1 Å². The van der Waals surface area contributed by atoms with E-state index in [2.05, 4.69) is 17.6 Å². The highest BCUT2D eigenvalue weighted by Crippen LogP contribution is 2.23. The fourth-order valence-corrected chi connectivity index (χ4v) is 3.40. The number of primary amides is 1. The van der Waals surface area contributed by atoms with Crippen LogP contribution in [-0.4, -0.2) is 30.6 Å². The summed E-state index contributed by atoms with van der Waals surface area (Å²) in [7, 11) is 0. The molecular weight excluding hydrogens is 370 g/mol. The molecule has 2 rings (SSSR count). The fraction of sp³-hybridized carbons (Fsp3) is 0.526. The third-order valence-corrected chi connectivity index (χ3v) is 5.03. The Hall–Kier alpha value is -2.28. The second-order valence-electron chi connectivity index (χ2n) is 6.91. The predicted octanol–water partition coefficient (Wildman–Crippen LogP) is 2.68. The van der Waals surface area contributed by atoms with Gasteiger partial charge in [0.25, 0.3) is 5.91 Å². The minimum Gasteiger partial charge on any atom is -0.456 e. The zero-order chi connectivity index (χ0) is 19.8. The number of benzene rings is 1. The number of carbonyl (C=O) groups excluding carboxylic acids is 3. The molecular formula is C19H26ClN3O4. The number of esters is 1. The Morgan fingerprint density at radius 2 is 1.89 bits per heavy atom. The smallest absolute Gasteiger partial charge is 0.312 e. The van der Waals surface area contributed by atoms with E-state index in [1.54, 1.807) is 24.3 Å². The molecule has 1 aromatic rings. The largest absolute Gasteiger partial charge is 0.456 e. The van der Waals surface area contributed by atoms with E-state index in [1.165, 1.54) is 6.42 Å². The summed E-state index contributed by atoms with van der Waals surface area (Å²) in [6.07, 6.45) is 4.17. The van der Waals surface area contributed by atoms with Crippen molar-refractivity contribution < 1.29 is 19.1 Å². The van der Waals surface area contributed by atoms with E-state index in [-0.39, 0.29) is 25.0 Å². The minimum atomic E-state index is -0.758. The molecule has 0 bridgehead atoms. The van der Waals surface area contributed by atoms with Crippen LogP contribution in [0.1, 0.15) is 50.6 Å². The number of hydrogen-bond donors (Lipinski definition) is 3. The lowest BCUT2D eigenvalue weighted by atomic mass is 9.86. The molecule has 4 N–H and O–H groups in total. The van der Waals surface area contributed by atoms with Gasteiger partial charge in [-0.15, -0.1) is 0 Å². The Morgan fingerprint density at radius 3 is 2.52 bits per heavy atom. The SMILES string of the molecule is C[C@@H]1CCCC[C@H]1NC(=O)COC(=O)C[C@H](NC(N)=O)c1ccc(Cl)cc1. The Morgan fingerprint density at radius 1 is 1.22 bits per heavy atom. The van der Waals surface area contributed by atoms with Crippen LogP contribution in [0.2, 0.25) is 5.02 Å². The number of nitrogens with two attached hydrogens (primary N) is 1. The lowest BCUT2D eigenvalue weighted by molar-refractivity contribution is -0.149. The van der Waals surface area contributed by atoms with Gasteiger partial charge in [-0.05, 0) is 36.5 Å². The molecule has 0 heterocycles. The quantitative estimate of drug-likeness (QED) is 0.616. The van der Waals surface area contributed by atoms with Gasteiger partial charge in [-0.3, -0.25) is 9.59 Å². The molecule has 0 saturated heterocycles. The second kappa shape index (κ2) is 10.2. The molecule has 3 atom stereocenters. The summed E-state index contributed by atoms with van der Waals surface area (Å²) in [5.41, 5.74) is 5.85. The molecule has 0 radical (unpaired) electrons. The summed E-state index contributed by atoms with van der Waals surface area (Å²) in [5, 5.41) is 5.96. The summed E-state index contributed by atoms with van der Waals surface area (Å²) >= 11 is 5.85. The maximum Gasteiger partial charge on any atom is 0.312 e. The van der Waals surface area contributed by atoms with Gasteiger partial charge >= 0.3 is 12.0 Å². The minimum absolute atomic E-state index is 0.128. The lowest BCUT2D eigenvalue weighted by Crippen LogP contribution is -2.43. The molecule has 8 heteroatoms. The van der Waals surface area contributed by atoms with Crippen molar-refractivity contribution >= 4 is 29.5 Å². The number of halogens is 1. The molecule has 0 aromatic heterocycles. The van der Waals surface area contributed by atoms with Crippen molar-refractivity contribution in [3.63, 3.8) is 0 Å². The molecule has 1 fully saturated rings. The molecule has 7 nitrogen and oxygen atoms in total. The first-order valence-electron chi connectivity index (χ1n) is 9.11. The average molecular weight is 396 g/mol. The zero-order valence-electron chi connectivity index (χ0n) is 15.4. The molecule has 1 aromatic carbocycles. The topological polar surface area (TPSA) is 111 Å². The van der Waals surface area contributed by atoms with Crippen molar-refractivity contribution in [1.29, 1.82) is 0 Å². The Kier molecular flexibility index (Phi) is 7.91. The highest BCUT2D eigenvalue weighted by Gasteiger charge is 2.24. The van der Waals surface area contributed by atoms with Crippen LogP contribution >= 0.6 is 11.6 Å². The molecule has 0 aliphatic heterocycles. The van der Waals surface area contributed by atoms with Gasteiger partial charge in [-0.1, -0.05) is 43.5 Å². The van der Waals surface area contributed by atoms with Crippen molar-refractivity contribution in [2.75, 3.05) is 6.61 Å². The summed E-state index contributed by atoms with van der Waals surface area (Å²) in [5.74, 6) is -0.490. The van der Waals surface area contributed by atoms with Gasteiger partial charge in [0.15, 0.2) is 6.61 Å². The van der Waals surface area contributed by atoms with Crippen LogP contribution in [-0.2, 0) is 14.3 Å². The number of rotatable bonds is 7. The monoisotopic (exact) mass is 395 g/mol. The normalized spacial score (nSPS) is 20.4. The van der Waals surface area contributed by atoms with E-state index >= 15 is 0 Å². The van der Waals surface area contributed by atoms with Crippen molar-refractivity contribution in [3.05, 3.63) is 34.9 Å². The van der Waals surface area contributed by atoms with Gasteiger partial charge in [-0.25, -0.2) is 4.79 Å². The number of urea groups is 1. The maximum absolute atomic E-state index is 12.1. The number of carbonyl (C=O) groups is 3. The average Bonchev–Trinajstić information content (AvgIpc) is 2.62. The van der Waals surface area contributed by atoms with Crippen LogP contribution in [0.15, 0.2) is 24.3 Å². The van der Waals surface area contributed by atoms with Crippen molar-refractivity contribution in [2.24, 2.45) is 11.7 Å². The first-order valence-corrected chi connectivity index (χ1v) is 9.49. The van der Waals surface area contributed by atoms with E-state index in [0.29, 0.717) is 16.5 Å². The zero-order valence-corrected chi connectivity index (χ0v) is 16.1. The van der Waals surface area contributed by atoms with Gasteiger partial charge in [0.1, 0.15) is 0 Å². The third kappa shape index (κ3) is 7.09. The summed E-state index contributed by atoms with van der Waals surface area (Å²) in [6, 6.07) is 5.39. The third-order valence-electron chi connectivity index (χ3n) is 4.78. The number of nitrogens with one attached hydrogen (secondary N) is 2. The molecule has 0 unspecified atom stereocenters. The van der Waals surface area contributed by atoms with E-state index in [0.717, 1.165) is 19.3 Å². The lowest BCUT2D eigenvalue weighted by Gasteiger charge is -2.29. The molecule has 0 spiro atoms. The van der Waals surface area contributed by atoms with Crippen LogP contribution in [0.3, 0.4) is 0 Å². The molecule has 27 heavy (non-hydrogen) atoms. The van der Waals surface area contributed by atoms with E-state index in [9.17, 15) is 14.4 Å². The first kappa shape index (κ1) is 21.0. The molecule has 1 saturated carbocycles. The van der Waals surface area contributed by atoms with Crippen molar-refractivity contribution in [3.8, 4) is 0 Å². The molecule has 3 amide bonds. The standard InChI is InChI=1S/C19H26ClN3O4/c1-12-4-2-3-5-15(12)22-17(24)11-27-18(25)10-16(23-19(21)26)13-6-8-14(20)9-7-13/h6-9,12,15-16H,2-5,10-11H2,1H3,(H,22,24)(H3,21,23,26)/t12-,15-,16+/m1/s1. The van der Waals surface area contributed by atoms with Gasteiger partial charge in [0, 0.05) is 11.1 Å². The first-order chi connectivity index (χ1) is 12.8. The van der Waals surface area contributed by atoms with Crippen LogP contribution in [0.25, 0.3) is 0 Å². The van der Waals surface area contributed by atoms with E-state index in [1.807, 2.05) is 0 Å². The van der Waals surface area contributed by atoms with Crippen LogP contribution in [0, 0.1) is 5.92 Å². The summed E-state index contributed by atoms with van der Waals surface area (Å²) < 4.78 is 5.07. The number of hydrogen-bond acceptors (Lipinski definition) is 4. The Labute approximate surface area is 164 Å². The molecule has 148 valence electrons. The summed E-state index contributed by atoms with van der Waals surface area (Å²) in [4.78, 5) is 35.4. The Balaban J connectivity index is 1.84. The van der Waals surface area contributed by atoms with Crippen LogP contribution < -0.4 is 16.4 Å². The number of ether oxygens (including phenoxy) is 1. The van der Waals surface area contributed by atoms with Gasteiger partial charge in [0.2, 0.25) is 0 Å². The molecule has 1 aliphatic rings. The fourth-order valence-electron chi connectivity index (χ4n) is 3.27. The van der Waals surface area contributed by atoms with Crippen molar-refractivity contribution in [1.82, 2.24) is 10.6 Å². The molecule has 1 aliphatic carbocycles. The highest BCUT2D eigenvalue weighted by molar-refractivity contribution is 6.30. The highest BCUT2D eigenvalue weighted by atomic mass is 35.5. The summed E-state index contributed by atoms with van der Waals surface area (Å²) in [6.45, 7) is 1.77. The van der Waals surface area contributed by atoms with Crippen LogP contribution in [0.5, 0.6) is 0 Å². The predicted molar refractivity (Wildman–Crippen MR) is 102 cm³/mol. The van der Waals surface area contributed by atoms with Crippen molar-refractivity contribution in [2.45, 2.75) is 51.1 Å². The van der Waals surface area contributed by atoms with Gasteiger partial charge in [-0.2, -0.15) is 0 Å². The second-order valence-corrected chi connectivity index (χ2v) is 7.35. The van der Waals surface area contributed by atoms with Gasteiger partial charge < -0.3 is 21.1 Å². The Bertz CT molecular complexity index is 665. The van der Waals surface area contributed by atoms with E-state index < -0.39 is 18.0 Å².